The first-order valence-electron chi connectivity index (χ1n) is 11.3. The third kappa shape index (κ3) is 6.67. The number of nitrogens with zero attached hydrogens (tertiary/aromatic N) is 2. The van der Waals surface area contributed by atoms with E-state index in [1.807, 2.05) is 16.7 Å². The van der Waals surface area contributed by atoms with Crippen LogP contribution in [0.15, 0.2) is 24.3 Å². The summed E-state index contributed by atoms with van der Waals surface area (Å²) in [4.78, 5) is 41.0. The van der Waals surface area contributed by atoms with Crippen LogP contribution < -0.4 is 10.6 Å². The Morgan fingerprint density at radius 3 is 2.58 bits per heavy atom. The van der Waals surface area contributed by atoms with Gasteiger partial charge < -0.3 is 20.4 Å². The van der Waals surface area contributed by atoms with E-state index in [1.165, 1.54) is 12.1 Å². The smallest absolute Gasteiger partial charge is 0.319 e. The number of urea groups is 1. The molecule has 2 saturated heterocycles. The van der Waals surface area contributed by atoms with Crippen LogP contribution in [0.4, 0.5) is 14.9 Å². The van der Waals surface area contributed by atoms with Gasteiger partial charge in [-0.3, -0.25) is 9.59 Å². The average Bonchev–Trinajstić information content (AvgIpc) is 2.78. The number of carbonyl (C=O) groups is 3. The molecule has 2 N–H and O–H groups in total. The van der Waals surface area contributed by atoms with Crippen LogP contribution in [-0.2, 0) is 9.59 Å². The number of hydrogen-bond donors (Lipinski definition) is 2. The second kappa shape index (κ2) is 11.1. The van der Waals surface area contributed by atoms with Crippen LogP contribution in [-0.4, -0.2) is 60.4 Å². The maximum absolute atomic E-state index is 13.2. The van der Waals surface area contributed by atoms with E-state index in [4.69, 9.17) is 0 Å². The highest BCUT2D eigenvalue weighted by Gasteiger charge is 2.32. The lowest BCUT2D eigenvalue weighted by atomic mass is 9.92. The first-order chi connectivity index (χ1) is 15.0. The highest BCUT2D eigenvalue weighted by Crippen LogP contribution is 2.24. The normalized spacial score (nSPS) is 19.7. The molecule has 2 fully saturated rings. The summed E-state index contributed by atoms with van der Waals surface area (Å²) in [6, 6.07) is 5.38. The molecular formula is C23H33FN4O3. The lowest BCUT2D eigenvalue weighted by Gasteiger charge is -2.38. The number of piperidine rings is 2. The van der Waals surface area contributed by atoms with Gasteiger partial charge in [-0.2, -0.15) is 0 Å². The van der Waals surface area contributed by atoms with Crippen LogP contribution in [0.25, 0.3) is 0 Å². The second-order valence-corrected chi connectivity index (χ2v) is 8.54. The van der Waals surface area contributed by atoms with E-state index >= 15 is 0 Å². The number of rotatable bonds is 6. The van der Waals surface area contributed by atoms with Crippen molar-refractivity contribution in [2.45, 2.75) is 45.4 Å². The van der Waals surface area contributed by atoms with Gasteiger partial charge in [0.2, 0.25) is 11.8 Å². The van der Waals surface area contributed by atoms with Gasteiger partial charge in [0.15, 0.2) is 0 Å². The fraction of sp³-hybridized carbons (Fsp3) is 0.609. The van der Waals surface area contributed by atoms with Crippen molar-refractivity contribution in [3.05, 3.63) is 30.1 Å². The van der Waals surface area contributed by atoms with Crippen LogP contribution in [0, 0.1) is 17.7 Å². The number of halogens is 1. The summed E-state index contributed by atoms with van der Waals surface area (Å²) in [6.45, 7) is 5.17. The fourth-order valence-electron chi connectivity index (χ4n) is 4.42. The van der Waals surface area contributed by atoms with Crippen molar-refractivity contribution >= 4 is 23.5 Å². The van der Waals surface area contributed by atoms with Gasteiger partial charge in [0.1, 0.15) is 5.82 Å². The molecule has 170 valence electrons. The Labute approximate surface area is 183 Å². The monoisotopic (exact) mass is 432 g/mol. The fourth-order valence-corrected chi connectivity index (χ4v) is 4.42. The lowest BCUT2D eigenvalue weighted by molar-refractivity contribution is -0.142. The first-order valence-corrected chi connectivity index (χ1v) is 11.3. The van der Waals surface area contributed by atoms with Crippen molar-refractivity contribution in [1.29, 1.82) is 0 Å². The van der Waals surface area contributed by atoms with Crippen molar-refractivity contribution in [3.8, 4) is 0 Å². The summed E-state index contributed by atoms with van der Waals surface area (Å²) in [5, 5.41) is 5.46. The molecule has 1 unspecified atom stereocenters. The number of carbonyl (C=O) groups excluding carboxylic acids is 3. The molecule has 0 spiro atoms. The van der Waals surface area contributed by atoms with Crippen molar-refractivity contribution in [3.63, 3.8) is 0 Å². The third-order valence-corrected chi connectivity index (χ3v) is 6.13. The van der Waals surface area contributed by atoms with Gasteiger partial charge in [0.25, 0.3) is 0 Å². The molecule has 0 aliphatic carbocycles. The molecule has 1 atom stereocenters. The van der Waals surface area contributed by atoms with E-state index in [2.05, 4.69) is 10.6 Å². The lowest BCUT2D eigenvalue weighted by Crippen LogP contribution is -2.48. The molecule has 8 heteroatoms. The molecule has 7 nitrogen and oxygen atoms in total. The molecule has 2 heterocycles. The topological polar surface area (TPSA) is 81.8 Å². The Balaban J connectivity index is 1.42. The number of hydrogen-bond acceptors (Lipinski definition) is 3. The quantitative estimate of drug-likeness (QED) is 0.724. The largest absolute Gasteiger partial charge is 0.343 e. The Hall–Kier alpha value is -2.64. The van der Waals surface area contributed by atoms with Crippen molar-refractivity contribution in [2.24, 2.45) is 11.8 Å². The van der Waals surface area contributed by atoms with Gasteiger partial charge in [-0.1, -0.05) is 13.0 Å². The minimum absolute atomic E-state index is 0.0198. The van der Waals surface area contributed by atoms with Gasteiger partial charge in [-0.05, 0) is 56.2 Å². The molecule has 0 aromatic heterocycles. The molecule has 0 bridgehead atoms. The zero-order valence-electron chi connectivity index (χ0n) is 18.2. The summed E-state index contributed by atoms with van der Waals surface area (Å²) in [7, 11) is 0. The average molecular weight is 433 g/mol. The highest BCUT2D eigenvalue weighted by atomic mass is 19.1. The van der Waals surface area contributed by atoms with Gasteiger partial charge >= 0.3 is 6.03 Å². The number of likely N-dealkylation sites (tertiary alicyclic amines) is 2. The first kappa shape index (κ1) is 23.0. The van der Waals surface area contributed by atoms with Crippen LogP contribution in [0.1, 0.15) is 45.4 Å². The molecule has 0 radical (unpaired) electrons. The zero-order chi connectivity index (χ0) is 22.2. The molecular weight excluding hydrogens is 399 g/mol. The number of nitrogens with one attached hydrogen (secondary N) is 2. The summed E-state index contributed by atoms with van der Waals surface area (Å²) >= 11 is 0. The van der Waals surface area contributed by atoms with Crippen LogP contribution in [0.2, 0.25) is 0 Å². The van der Waals surface area contributed by atoms with Crippen LogP contribution >= 0.6 is 0 Å². The standard InChI is InChI=1S/C23H33FN4O3/c1-2-5-21(29)27-12-9-18(10-13-27)22(30)28-11-4-6-17(16-28)15-25-23(31)26-20-8-3-7-19(24)14-20/h3,7-8,14,17-18H,2,4-6,9-13,15-16H2,1H3,(H2,25,26,31). The van der Waals surface area contributed by atoms with Crippen molar-refractivity contribution in [2.75, 3.05) is 38.0 Å². The molecule has 0 saturated carbocycles. The molecule has 1 aromatic carbocycles. The minimum Gasteiger partial charge on any atom is -0.343 e. The molecule has 1 aromatic rings. The van der Waals surface area contributed by atoms with Crippen LogP contribution in [0.5, 0.6) is 0 Å². The zero-order valence-corrected chi connectivity index (χ0v) is 18.2. The van der Waals surface area contributed by atoms with Crippen molar-refractivity contribution < 1.29 is 18.8 Å². The van der Waals surface area contributed by atoms with E-state index in [0.717, 1.165) is 38.6 Å². The van der Waals surface area contributed by atoms with Gasteiger partial charge in [-0.15, -0.1) is 0 Å². The van der Waals surface area contributed by atoms with Gasteiger partial charge in [-0.25, -0.2) is 9.18 Å². The number of anilines is 1. The van der Waals surface area contributed by atoms with E-state index in [1.54, 1.807) is 12.1 Å². The number of amides is 4. The summed E-state index contributed by atoms with van der Waals surface area (Å²) in [6.07, 6.45) is 4.74. The molecule has 4 amide bonds. The Morgan fingerprint density at radius 2 is 1.87 bits per heavy atom. The van der Waals surface area contributed by atoms with Crippen molar-refractivity contribution in [1.82, 2.24) is 15.1 Å². The maximum Gasteiger partial charge on any atom is 0.319 e. The molecule has 2 aliphatic rings. The Morgan fingerprint density at radius 1 is 1.10 bits per heavy atom. The third-order valence-electron chi connectivity index (χ3n) is 6.13. The van der Waals surface area contributed by atoms with Gasteiger partial charge in [0.05, 0.1) is 0 Å². The second-order valence-electron chi connectivity index (χ2n) is 8.54. The van der Waals surface area contributed by atoms with E-state index in [-0.39, 0.29) is 29.7 Å². The Bertz CT molecular complexity index is 780. The molecule has 3 rings (SSSR count). The van der Waals surface area contributed by atoms with E-state index in [9.17, 15) is 18.8 Å². The Kier molecular flexibility index (Phi) is 8.26. The van der Waals surface area contributed by atoms with Gasteiger partial charge in [0, 0.05) is 50.7 Å². The minimum atomic E-state index is -0.403. The summed E-state index contributed by atoms with van der Waals surface area (Å²) in [5.41, 5.74) is 0.404. The van der Waals surface area contributed by atoms with Crippen LogP contribution in [0.3, 0.4) is 0 Å². The predicted molar refractivity (Wildman–Crippen MR) is 117 cm³/mol. The molecule has 2 aliphatic heterocycles. The number of benzene rings is 1. The SMILES string of the molecule is CCCC(=O)N1CCC(C(=O)N2CCCC(CNC(=O)Nc3cccc(F)c3)C2)CC1. The van der Waals surface area contributed by atoms with E-state index < -0.39 is 5.82 Å². The highest BCUT2D eigenvalue weighted by molar-refractivity contribution is 5.89. The van der Waals surface area contributed by atoms with E-state index in [0.29, 0.717) is 38.3 Å². The predicted octanol–water partition coefficient (Wildman–Crippen LogP) is 3.22. The molecule has 31 heavy (non-hydrogen) atoms. The maximum atomic E-state index is 13.2. The summed E-state index contributed by atoms with van der Waals surface area (Å²) in [5.74, 6) is 0.140. The summed E-state index contributed by atoms with van der Waals surface area (Å²) < 4.78 is 13.2.